The number of nitrogens with zero attached hydrogens (tertiary/aromatic N) is 8. The van der Waals surface area contributed by atoms with Gasteiger partial charge in [-0.1, -0.05) is 30.3 Å². The lowest BCUT2D eigenvalue weighted by atomic mass is 9.93. The Kier molecular flexibility index (Phi) is 7.19. The first kappa shape index (κ1) is 26.2. The lowest BCUT2D eigenvalue weighted by Crippen LogP contribution is -2.27. The SMILES string of the molecule is CN(C(=O)O)c1cc2c(cn1)c(-c1cnn(C)c1)nn2C1CCC(Oc2cc(OCc3ccccc3)cnn2)CC1. The number of hydrogen-bond donors (Lipinski definition) is 1. The summed E-state index contributed by atoms with van der Waals surface area (Å²) in [4.78, 5) is 17.1. The van der Waals surface area contributed by atoms with E-state index in [4.69, 9.17) is 14.6 Å². The average molecular weight is 555 g/mol. The van der Waals surface area contributed by atoms with E-state index >= 15 is 0 Å². The number of aromatic nitrogens is 7. The quantitative estimate of drug-likeness (QED) is 0.285. The van der Waals surface area contributed by atoms with Crippen LogP contribution < -0.4 is 14.4 Å². The van der Waals surface area contributed by atoms with Crippen LogP contribution in [0.2, 0.25) is 0 Å². The minimum atomic E-state index is -1.08. The maximum Gasteiger partial charge on any atom is 0.412 e. The first-order valence-electron chi connectivity index (χ1n) is 13.4. The highest BCUT2D eigenvalue weighted by Crippen LogP contribution is 2.36. The molecule has 5 aromatic rings. The van der Waals surface area contributed by atoms with Crippen molar-refractivity contribution in [2.24, 2.45) is 7.05 Å². The highest BCUT2D eigenvalue weighted by molar-refractivity contribution is 5.95. The van der Waals surface area contributed by atoms with Gasteiger partial charge in [0.1, 0.15) is 30.0 Å². The Balaban J connectivity index is 1.17. The maximum absolute atomic E-state index is 11.6. The van der Waals surface area contributed by atoms with E-state index in [-0.39, 0.29) is 12.1 Å². The Hall–Kier alpha value is -5.00. The molecule has 210 valence electrons. The van der Waals surface area contributed by atoms with Crippen LogP contribution >= 0.6 is 0 Å². The Morgan fingerprint density at radius 2 is 1.90 bits per heavy atom. The van der Waals surface area contributed by atoms with Crippen LogP contribution in [0.15, 0.2) is 67.3 Å². The fraction of sp³-hybridized carbons (Fsp3) is 0.310. The van der Waals surface area contributed by atoms with Gasteiger partial charge in [0.05, 0.1) is 24.0 Å². The first-order valence-corrected chi connectivity index (χ1v) is 13.4. The predicted octanol–water partition coefficient (Wildman–Crippen LogP) is 4.88. The zero-order valence-electron chi connectivity index (χ0n) is 22.8. The average Bonchev–Trinajstić information content (AvgIpc) is 3.60. The van der Waals surface area contributed by atoms with Crippen LogP contribution in [0, 0.1) is 0 Å². The molecular formula is C29H30N8O4. The smallest absolute Gasteiger partial charge is 0.412 e. The van der Waals surface area contributed by atoms with Crippen molar-refractivity contribution in [3.8, 4) is 22.9 Å². The third-order valence-corrected chi connectivity index (χ3v) is 7.32. The summed E-state index contributed by atoms with van der Waals surface area (Å²) in [6.45, 7) is 0.440. The maximum atomic E-state index is 11.6. The molecule has 1 N–H and O–H groups in total. The third-order valence-electron chi connectivity index (χ3n) is 7.32. The van der Waals surface area contributed by atoms with E-state index in [9.17, 15) is 9.90 Å². The van der Waals surface area contributed by atoms with Gasteiger partial charge in [0.15, 0.2) is 0 Å². The molecule has 4 heterocycles. The normalized spacial score (nSPS) is 16.9. The van der Waals surface area contributed by atoms with Gasteiger partial charge in [0.2, 0.25) is 5.88 Å². The second kappa shape index (κ2) is 11.2. The third kappa shape index (κ3) is 5.67. The van der Waals surface area contributed by atoms with E-state index in [1.165, 1.54) is 7.05 Å². The number of ether oxygens (including phenoxy) is 2. The molecule has 1 amide bonds. The molecule has 41 heavy (non-hydrogen) atoms. The number of aryl methyl sites for hydroxylation is 1. The number of pyridine rings is 1. The second-order valence-corrected chi connectivity index (χ2v) is 10.1. The summed E-state index contributed by atoms with van der Waals surface area (Å²) < 4.78 is 15.8. The van der Waals surface area contributed by atoms with Crippen molar-refractivity contribution in [3.05, 3.63) is 72.8 Å². The van der Waals surface area contributed by atoms with Gasteiger partial charge in [-0.05, 0) is 31.2 Å². The first-order chi connectivity index (χ1) is 19.9. The summed E-state index contributed by atoms with van der Waals surface area (Å²) in [5.41, 5.74) is 3.55. The van der Waals surface area contributed by atoms with Crippen molar-refractivity contribution < 1.29 is 19.4 Å². The molecule has 1 saturated carbocycles. The predicted molar refractivity (Wildman–Crippen MR) is 151 cm³/mol. The largest absolute Gasteiger partial charge is 0.487 e. The molecule has 6 rings (SSSR count). The molecule has 4 aromatic heterocycles. The van der Waals surface area contributed by atoms with E-state index < -0.39 is 6.09 Å². The molecule has 1 aromatic carbocycles. The molecule has 0 aliphatic heterocycles. The number of carbonyl (C=O) groups is 1. The number of amides is 1. The number of carboxylic acid groups (broad SMARTS) is 1. The highest BCUT2D eigenvalue weighted by atomic mass is 16.5. The molecule has 12 nitrogen and oxygen atoms in total. The summed E-state index contributed by atoms with van der Waals surface area (Å²) in [5.74, 6) is 1.39. The molecule has 0 saturated heterocycles. The van der Waals surface area contributed by atoms with Gasteiger partial charge >= 0.3 is 6.09 Å². The van der Waals surface area contributed by atoms with Gasteiger partial charge in [-0.15, -0.1) is 5.10 Å². The molecule has 0 unspecified atom stereocenters. The fourth-order valence-electron chi connectivity index (χ4n) is 5.12. The second-order valence-electron chi connectivity index (χ2n) is 10.1. The zero-order chi connectivity index (χ0) is 28.3. The van der Waals surface area contributed by atoms with Gasteiger partial charge in [0.25, 0.3) is 0 Å². The Morgan fingerprint density at radius 3 is 2.63 bits per heavy atom. The van der Waals surface area contributed by atoms with Gasteiger partial charge in [-0.3, -0.25) is 14.3 Å². The molecule has 1 aliphatic rings. The monoisotopic (exact) mass is 554 g/mol. The van der Waals surface area contributed by atoms with Crippen LogP contribution in [0.25, 0.3) is 22.2 Å². The summed E-state index contributed by atoms with van der Waals surface area (Å²) in [5, 5.41) is 27.8. The van der Waals surface area contributed by atoms with Crippen molar-refractivity contribution in [1.29, 1.82) is 0 Å². The Bertz CT molecular complexity index is 1660. The van der Waals surface area contributed by atoms with Crippen molar-refractivity contribution in [2.75, 3.05) is 11.9 Å². The summed E-state index contributed by atoms with van der Waals surface area (Å²) in [6, 6.07) is 13.6. The number of rotatable bonds is 8. The van der Waals surface area contributed by atoms with Gasteiger partial charge in [-0.25, -0.2) is 9.78 Å². The number of hydrogen-bond acceptors (Lipinski definition) is 8. The number of anilines is 1. The van der Waals surface area contributed by atoms with Crippen LogP contribution in [0.5, 0.6) is 11.6 Å². The van der Waals surface area contributed by atoms with Crippen LogP contribution in [0.1, 0.15) is 37.3 Å². The van der Waals surface area contributed by atoms with E-state index in [0.29, 0.717) is 24.1 Å². The Morgan fingerprint density at radius 1 is 1.10 bits per heavy atom. The molecule has 0 bridgehead atoms. The van der Waals surface area contributed by atoms with E-state index in [2.05, 4.69) is 20.3 Å². The highest BCUT2D eigenvalue weighted by Gasteiger charge is 2.28. The minimum absolute atomic E-state index is 0.0140. The van der Waals surface area contributed by atoms with E-state index in [1.54, 1.807) is 35.4 Å². The molecule has 0 spiro atoms. The Labute approximate surface area is 236 Å². The van der Waals surface area contributed by atoms with Gasteiger partial charge in [0, 0.05) is 49.6 Å². The molecule has 0 radical (unpaired) electrons. The van der Waals surface area contributed by atoms with Crippen molar-refractivity contribution >= 4 is 22.8 Å². The van der Waals surface area contributed by atoms with E-state index in [1.807, 2.05) is 48.3 Å². The van der Waals surface area contributed by atoms with Crippen molar-refractivity contribution in [2.45, 2.75) is 44.4 Å². The number of fused-ring (bicyclic) bond motifs is 1. The van der Waals surface area contributed by atoms with Gasteiger partial charge < -0.3 is 14.6 Å². The fourth-order valence-corrected chi connectivity index (χ4v) is 5.12. The molecule has 12 heteroatoms. The summed E-state index contributed by atoms with van der Waals surface area (Å²) >= 11 is 0. The topological polar surface area (TPSA) is 133 Å². The lowest BCUT2D eigenvalue weighted by molar-refractivity contribution is 0.124. The molecule has 0 atom stereocenters. The minimum Gasteiger partial charge on any atom is -0.487 e. The van der Waals surface area contributed by atoms with Crippen LogP contribution in [0.3, 0.4) is 0 Å². The standard InChI is InChI=1S/C29H30N8O4/c1-35-17-20(14-32-35)28-24-16-30-26(36(2)29(38)39)13-25(24)37(34-28)21-8-10-22(11-9-21)41-27-12-23(15-31-33-27)40-18-19-6-4-3-5-7-19/h3-7,12-17,21-22H,8-11,18H2,1-2H3,(H,38,39). The molecule has 1 aliphatic carbocycles. The van der Waals surface area contributed by atoms with Crippen molar-refractivity contribution in [1.82, 2.24) is 34.7 Å². The van der Waals surface area contributed by atoms with Crippen molar-refractivity contribution in [3.63, 3.8) is 0 Å². The molecular weight excluding hydrogens is 524 g/mol. The van der Waals surface area contributed by atoms with E-state index in [0.717, 1.165) is 58.3 Å². The van der Waals surface area contributed by atoms with Crippen LogP contribution in [-0.4, -0.2) is 59.1 Å². The summed E-state index contributed by atoms with van der Waals surface area (Å²) in [7, 11) is 3.34. The number of benzene rings is 1. The van der Waals surface area contributed by atoms with Crippen LogP contribution in [-0.2, 0) is 13.7 Å². The molecule has 1 fully saturated rings. The van der Waals surface area contributed by atoms with Gasteiger partial charge in [-0.2, -0.15) is 15.3 Å². The van der Waals surface area contributed by atoms with Crippen LogP contribution in [0.4, 0.5) is 10.6 Å². The zero-order valence-corrected chi connectivity index (χ0v) is 22.8. The lowest BCUT2D eigenvalue weighted by Gasteiger charge is -2.29. The summed E-state index contributed by atoms with van der Waals surface area (Å²) in [6.07, 6.45) is 9.13.